The van der Waals surface area contributed by atoms with Crippen LogP contribution in [-0.4, -0.2) is 71.1 Å². The third-order valence-electron chi connectivity index (χ3n) is 9.15. The number of carbonyl (C=O) groups is 1. The SMILES string of the molecule is Cc1cc(Nc2ncc3c(n2)N(c2cccc(N4C(=O)OC[C@@H]4C)n2)[C@@H]2CC(C)(C)OC[C@]32C)ccc1O[C@@H]1CCNC1. The fourth-order valence-electron chi connectivity index (χ4n) is 6.67. The Morgan fingerprint density at radius 1 is 1.12 bits per heavy atom. The number of aryl methyl sites for hydroxylation is 1. The summed E-state index contributed by atoms with van der Waals surface area (Å²) in [5.74, 6) is 3.46. The molecule has 0 saturated carbocycles. The molecule has 3 saturated heterocycles. The molecule has 2 N–H and O–H groups in total. The zero-order valence-electron chi connectivity index (χ0n) is 25.4. The molecule has 3 fully saturated rings. The molecule has 3 aromatic rings. The van der Waals surface area contributed by atoms with Crippen molar-refractivity contribution in [3.8, 4) is 5.75 Å². The lowest BCUT2D eigenvalue weighted by molar-refractivity contribution is -0.0893. The molecule has 4 aliphatic heterocycles. The number of amides is 1. The zero-order chi connectivity index (χ0) is 29.9. The van der Waals surface area contributed by atoms with Crippen LogP contribution < -0.4 is 25.2 Å². The minimum absolute atomic E-state index is 0.0326. The van der Waals surface area contributed by atoms with E-state index in [4.69, 9.17) is 29.2 Å². The van der Waals surface area contributed by atoms with E-state index < -0.39 is 0 Å². The molecule has 0 bridgehead atoms. The summed E-state index contributed by atoms with van der Waals surface area (Å²) in [5, 5.41) is 6.75. The maximum atomic E-state index is 12.5. The number of cyclic esters (lactones) is 1. The molecular weight excluding hydrogens is 546 g/mol. The maximum absolute atomic E-state index is 12.5. The number of rotatable bonds is 6. The number of nitrogens with zero attached hydrogens (tertiary/aromatic N) is 5. The van der Waals surface area contributed by atoms with Gasteiger partial charge in [0.05, 0.1) is 24.3 Å². The third-order valence-corrected chi connectivity index (χ3v) is 9.15. The van der Waals surface area contributed by atoms with Gasteiger partial charge in [0.1, 0.15) is 35.9 Å². The first-order chi connectivity index (χ1) is 20.6. The Bertz CT molecular complexity index is 1560. The Balaban J connectivity index is 1.23. The van der Waals surface area contributed by atoms with Crippen LogP contribution >= 0.6 is 0 Å². The van der Waals surface area contributed by atoms with Crippen LogP contribution in [0.3, 0.4) is 0 Å². The van der Waals surface area contributed by atoms with Gasteiger partial charge in [-0.25, -0.2) is 14.8 Å². The predicted octanol–water partition coefficient (Wildman–Crippen LogP) is 4.99. The van der Waals surface area contributed by atoms with Gasteiger partial charge >= 0.3 is 6.09 Å². The minimum Gasteiger partial charge on any atom is -0.489 e. The highest BCUT2D eigenvalue weighted by molar-refractivity contribution is 5.89. The van der Waals surface area contributed by atoms with Gasteiger partial charge in [0.2, 0.25) is 5.95 Å². The van der Waals surface area contributed by atoms with E-state index in [1.54, 1.807) is 4.90 Å². The summed E-state index contributed by atoms with van der Waals surface area (Å²) in [7, 11) is 0. The lowest BCUT2D eigenvalue weighted by Crippen LogP contribution is -2.54. The van der Waals surface area contributed by atoms with Crippen LogP contribution in [0.25, 0.3) is 0 Å². The molecule has 6 heterocycles. The summed E-state index contributed by atoms with van der Waals surface area (Å²) in [5.41, 5.74) is 2.29. The van der Waals surface area contributed by atoms with Crippen molar-refractivity contribution in [1.29, 1.82) is 0 Å². The van der Waals surface area contributed by atoms with Crippen LogP contribution in [0.15, 0.2) is 42.6 Å². The van der Waals surface area contributed by atoms with Gasteiger partial charge in [0.25, 0.3) is 0 Å². The fourth-order valence-corrected chi connectivity index (χ4v) is 6.67. The van der Waals surface area contributed by atoms with Crippen molar-refractivity contribution in [1.82, 2.24) is 20.3 Å². The highest BCUT2D eigenvalue weighted by atomic mass is 16.6. The molecule has 0 aliphatic carbocycles. The van der Waals surface area contributed by atoms with Gasteiger partial charge in [-0.2, -0.15) is 4.98 Å². The summed E-state index contributed by atoms with van der Waals surface area (Å²) in [6.07, 6.45) is 3.53. The summed E-state index contributed by atoms with van der Waals surface area (Å²) in [6, 6.07) is 11.8. The number of ether oxygens (including phenoxy) is 3. The number of nitrogens with one attached hydrogen (secondary N) is 2. The average molecular weight is 586 g/mol. The lowest BCUT2D eigenvalue weighted by atomic mass is 9.73. The molecule has 0 unspecified atom stereocenters. The lowest BCUT2D eigenvalue weighted by Gasteiger charge is -2.46. The van der Waals surface area contributed by atoms with Gasteiger partial charge in [0.15, 0.2) is 0 Å². The zero-order valence-corrected chi connectivity index (χ0v) is 25.4. The molecule has 1 amide bonds. The number of fused-ring (bicyclic) bond motifs is 3. The summed E-state index contributed by atoms with van der Waals surface area (Å²) in [6.45, 7) is 13.2. The van der Waals surface area contributed by atoms with Crippen molar-refractivity contribution in [2.75, 3.05) is 41.4 Å². The molecule has 1 aromatic carbocycles. The number of hydrogen-bond donors (Lipinski definition) is 2. The van der Waals surface area contributed by atoms with Crippen LogP contribution in [0, 0.1) is 6.92 Å². The first-order valence-corrected chi connectivity index (χ1v) is 15.1. The third kappa shape index (κ3) is 4.94. The molecule has 11 nitrogen and oxygen atoms in total. The Hall–Kier alpha value is -3.96. The Labute approximate surface area is 252 Å². The predicted molar refractivity (Wildman–Crippen MR) is 164 cm³/mol. The van der Waals surface area contributed by atoms with Crippen molar-refractivity contribution in [2.45, 2.75) is 76.7 Å². The van der Waals surface area contributed by atoms with Gasteiger partial charge in [-0.1, -0.05) is 13.0 Å². The second kappa shape index (κ2) is 10.3. The number of carbonyl (C=O) groups excluding carboxylic acids is 1. The highest BCUT2D eigenvalue weighted by Crippen LogP contribution is 2.53. The second-order valence-corrected chi connectivity index (χ2v) is 13.0. The number of benzene rings is 1. The van der Waals surface area contributed by atoms with Crippen LogP contribution in [-0.2, 0) is 14.9 Å². The summed E-state index contributed by atoms with van der Waals surface area (Å²) in [4.78, 5) is 31.2. The Kier molecular flexibility index (Phi) is 6.70. The normalized spacial score (nSPS) is 27.6. The quantitative estimate of drug-likeness (QED) is 0.410. The van der Waals surface area contributed by atoms with Crippen LogP contribution in [0.5, 0.6) is 5.75 Å². The van der Waals surface area contributed by atoms with Crippen molar-refractivity contribution < 1.29 is 19.0 Å². The topological polar surface area (TPSA) is 114 Å². The molecule has 2 aromatic heterocycles. The van der Waals surface area contributed by atoms with E-state index in [1.165, 1.54) is 0 Å². The van der Waals surface area contributed by atoms with Gasteiger partial charge in [-0.05, 0) is 83.0 Å². The van der Waals surface area contributed by atoms with Crippen molar-refractivity contribution in [3.05, 3.63) is 53.7 Å². The first-order valence-electron chi connectivity index (χ1n) is 15.1. The number of anilines is 5. The average Bonchev–Trinajstić information content (AvgIpc) is 3.67. The van der Waals surface area contributed by atoms with Gasteiger partial charge in [-0.15, -0.1) is 0 Å². The fraction of sp³-hybridized carbons (Fsp3) is 0.500. The van der Waals surface area contributed by atoms with Crippen LogP contribution in [0.4, 0.5) is 33.9 Å². The molecule has 226 valence electrons. The van der Waals surface area contributed by atoms with E-state index in [9.17, 15) is 4.79 Å². The monoisotopic (exact) mass is 585 g/mol. The number of pyridine rings is 1. The van der Waals surface area contributed by atoms with E-state index in [0.717, 1.165) is 60.1 Å². The van der Waals surface area contributed by atoms with Gasteiger partial charge in [0, 0.05) is 29.4 Å². The Morgan fingerprint density at radius 3 is 2.65 bits per heavy atom. The molecule has 11 heteroatoms. The van der Waals surface area contributed by atoms with Crippen molar-refractivity contribution in [3.63, 3.8) is 0 Å². The highest BCUT2D eigenvalue weighted by Gasteiger charge is 2.55. The summed E-state index contributed by atoms with van der Waals surface area (Å²) < 4.78 is 17.8. The molecule has 43 heavy (non-hydrogen) atoms. The molecule has 0 spiro atoms. The van der Waals surface area contributed by atoms with Crippen LogP contribution in [0.1, 0.15) is 51.7 Å². The van der Waals surface area contributed by atoms with Gasteiger partial charge in [-0.3, -0.25) is 4.90 Å². The smallest absolute Gasteiger partial charge is 0.415 e. The summed E-state index contributed by atoms with van der Waals surface area (Å²) >= 11 is 0. The van der Waals surface area contributed by atoms with Crippen LogP contribution in [0.2, 0.25) is 0 Å². The van der Waals surface area contributed by atoms with E-state index >= 15 is 0 Å². The number of hydrogen-bond acceptors (Lipinski definition) is 10. The van der Waals surface area contributed by atoms with Crippen molar-refractivity contribution >= 4 is 35.2 Å². The molecular formula is C32H39N7O4. The van der Waals surface area contributed by atoms with E-state index in [-0.39, 0.29) is 35.3 Å². The van der Waals surface area contributed by atoms with E-state index in [1.807, 2.05) is 43.5 Å². The maximum Gasteiger partial charge on any atom is 0.415 e. The molecule has 4 atom stereocenters. The van der Waals surface area contributed by atoms with Gasteiger partial charge < -0.3 is 29.7 Å². The van der Waals surface area contributed by atoms with Crippen molar-refractivity contribution in [2.24, 2.45) is 0 Å². The standard InChI is InChI=1S/C32H39N7O4/c1-19-13-21(9-10-24(19)43-22-11-12-33-15-22)35-29-34-16-23-28(37-29)39(25-14-31(3,4)42-18-32(23,25)5)27-8-6-7-26(36-27)38-20(2)17-41-30(38)40/h6-10,13,16,20,22,25,33H,11-12,14-15,17-18H2,1-5H3,(H,34,35,37)/t20-,22+,25+,32+/m0/s1. The van der Waals surface area contributed by atoms with E-state index in [0.29, 0.717) is 25.0 Å². The minimum atomic E-state index is -0.378. The largest absolute Gasteiger partial charge is 0.489 e. The number of aromatic nitrogens is 3. The second-order valence-electron chi connectivity index (χ2n) is 13.0. The molecule has 7 rings (SSSR count). The first kappa shape index (κ1) is 27.8. The molecule has 4 aliphatic rings. The van der Waals surface area contributed by atoms with E-state index in [2.05, 4.69) is 49.3 Å². The molecule has 0 radical (unpaired) electrons. The Morgan fingerprint density at radius 2 is 1.93 bits per heavy atom.